The van der Waals surface area contributed by atoms with Gasteiger partial charge in [-0.15, -0.1) is 0 Å². The standard InChI is InChI=1S/C11H12O5/c12-11(13)7-14-5-8-6-15-9-3-1-2-4-10(9)16-8/h1-4,8H,5-7H2,(H,12,13)/t8-/m1/s1. The smallest absolute Gasteiger partial charge is 0.329 e. The molecule has 86 valence electrons. The molecular formula is C11H12O5. The zero-order chi connectivity index (χ0) is 11.4. The maximum absolute atomic E-state index is 10.2. The van der Waals surface area contributed by atoms with Crippen LogP contribution < -0.4 is 9.47 Å². The maximum atomic E-state index is 10.2. The first-order valence-corrected chi connectivity index (χ1v) is 4.94. The lowest BCUT2D eigenvalue weighted by molar-refractivity contribution is -0.143. The molecule has 1 atom stereocenters. The van der Waals surface area contributed by atoms with E-state index in [2.05, 4.69) is 0 Å². The van der Waals surface area contributed by atoms with Crippen molar-refractivity contribution in [3.05, 3.63) is 24.3 Å². The molecule has 1 aliphatic heterocycles. The molecule has 0 fully saturated rings. The zero-order valence-electron chi connectivity index (χ0n) is 8.59. The molecule has 1 heterocycles. The Morgan fingerprint density at radius 2 is 2.19 bits per heavy atom. The third-order valence-electron chi connectivity index (χ3n) is 2.10. The van der Waals surface area contributed by atoms with Gasteiger partial charge in [-0.05, 0) is 12.1 Å². The Labute approximate surface area is 92.5 Å². The van der Waals surface area contributed by atoms with Gasteiger partial charge in [-0.1, -0.05) is 12.1 Å². The number of aliphatic carboxylic acids is 1. The van der Waals surface area contributed by atoms with Crippen molar-refractivity contribution >= 4 is 5.97 Å². The predicted molar refractivity (Wildman–Crippen MR) is 54.8 cm³/mol. The van der Waals surface area contributed by atoms with Crippen LogP contribution in [0.5, 0.6) is 11.5 Å². The van der Waals surface area contributed by atoms with E-state index >= 15 is 0 Å². The highest BCUT2D eigenvalue weighted by molar-refractivity contribution is 5.67. The average molecular weight is 224 g/mol. The van der Waals surface area contributed by atoms with Crippen molar-refractivity contribution in [2.45, 2.75) is 6.10 Å². The van der Waals surface area contributed by atoms with Crippen LogP contribution in [0.25, 0.3) is 0 Å². The summed E-state index contributed by atoms with van der Waals surface area (Å²) in [6.45, 7) is 0.263. The molecule has 0 spiro atoms. The Balaban J connectivity index is 1.86. The van der Waals surface area contributed by atoms with E-state index in [0.717, 1.165) is 0 Å². The van der Waals surface area contributed by atoms with Gasteiger partial charge in [0.25, 0.3) is 0 Å². The molecule has 0 bridgehead atoms. The fraction of sp³-hybridized carbons (Fsp3) is 0.364. The normalized spacial score (nSPS) is 18.1. The minimum absolute atomic E-state index is 0.209. The van der Waals surface area contributed by atoms with Crippen LogP contribution in [-0.2, 0) is 9.53 Å². The topological polar surface area (TPSA) is 65.0 Å². The van der Waals surface area contributed by atoms with Crippen molar-refractivity contribution in [3.63, 3.8) is 0 Å². The molecule has 5 heteroatoms. The summed E-state index contributed by atoms with van der Waals surface area (Å²) in [6, 6.07) is 7.34. The first kappa shape index (κ1) is 10.8. The van der Waals surface area contributed by atoms with Gasteiger partial charge in [0.1, 0.15) is 13.2 Å². The van der Waals surface area contributed by atoms with Crippen LogP contribution in [0.4, 0.5) is 0 Å². The molecule has 1 aromatic rings. The molecule has 1 aromatic carbocycles. The highest BCUT2D eigenvalue weighted by atomic mass is 16.6. The van der Waals surface area contributed by atoms with Gasteiger partial charge in [-0.2, -0.15) is 0 Å². The number of carbonyl (C=O) groups is 1. The van der Waals surface area contributed by atoms with Gasteiger partial charge in [-0.3, -0.25) is 0 Å². The van der Waals surface area contributed by atoms with E-state index < -0.39 is 5.97 Å². The molecule has 0 saturated heterocycles. The van der Waals surface area contributed by atoms with Crippen molar-refractivity contribution in [1.82, 2.24) is 0 Å². The Morgan fingerprint density at radius 3 is 2.94 bits per heavy atom. The number of ether oxygens (including phenoxy) is 3. The van der Waals surface area contributed by atoms with Crippen molar-refractivity contribution in [2.24, 2.45) is 0 Å². The van der Waals surface area contributed by atoms with Gasteiger partial charge in [-0.25, -0.2) is 4.79 Å². The van der Waals surface area contributed by atoms with Gasteiger partial charge in [0.15, 0.2) is 17.6 Å². The summed E-state index contributed by atoms with van der Waals surface area (Å²) in [7, 11) is 0. The highest BCUT2D eigenvalue weighted by Crippen LogP contribution is 2.30. The van der Waals surface area contributed by atoms with Crippen LogP contribution in [0.15, 0.2) is 24.3 Å². The fourth-order valence-electron chi connectivity index (χ4n) is 1.42. The average Bonchev–Trinajstić information content (AvgIpc) is 2.28. The van der Waals surface area contributed by atoms with Crippen LogP contribution in [0.2, 0.25) is 0 Å². The maximum Gasteiger partial charge on any atom is 0.329 e. The lowest BCUT2D eigenvalue weighted by atomic mass is 10.3. The van der Waals surface area contributed by atoms with Gasteiger partial charge >= 0.3 is 5.97 Å². The summed E-state index contributed by atoms with van der Waals surface area (Å²) in [4.78, 5) is 10.2. The fourth-order valence-corrected chi connectivity index (χ4v) is 1.42. The lowest BCUT2D eigenvalue weighted by Crippen LogP contribution is -2.34. The van der Waals surface area contributed by atoms with E-state index in [-0.39, 0.29) is 19.3 Å². The second-order valence-corrected chi connectivity index (χ2v) is 3.41. The molecule has 0 amide bonds. The molecule has 5 nitrogen and oxygen atoms in total. The predicted octanol–water partition coefficient (Wildman–Crippen LogP) is 0.928. The monoisotopic (exact) mass is 224 g/mol. The first-order valence-electron chi connectivity index (χ1n) is 4.94. The summed E-state index contributed by atoms with van der Waals surface area (Å²) < 4.78 is 16.0. The van der Waals surface area contributed by atoms with Crippen LogP contribution in [0, 0.1) is 0 Å². The molecule has 0 aromatic heterocycles. The number of carboxylic acids is 1. The summed E-state index contributed by atoms with van der Waals surface area (Å²) in [5.74, 6) is 0.381. The van der Waals surface area contributed by atoms with Crippen molar-refractivity contribution < 1.29 is 24.1 Å². The molecule has 16 heavy (non-hydrogen) atoms. The summed E-state index contributed by atoms with van der Waals surface area (Å²) in [5.41, 5.74) is 0. The second kappa shape index (κ2) is 4.85. The van der Waals surface area contributed by atoms with E-state index in [1.165, 1.54) is 0 Å². The molecular weight excluding hydrogens is 212 g/mol. The van der Waals surface area contributed by atoms with Gasteiger partial charge in [0.05, 0.1) is 6.61 Å². The minimum atomic E-state index is -0.989. The van der Waals surface area contributed by atoms with E-state index in [0.29, 0.717) is 18.1 Å². The lowest BCUT2D eigenvalue weighted by Gasteiger charge is -2.25. The molecule has 0 unspecified atom stereocenters. The Morgan fingerprint density at radius 1 is 1.44 bits per heavy atom. The van der Waals surface area contributed by atoms with Gasteiger partial charge < -0.3 is 19.3 Å². The van der Waals surface area contributed by atoms with E-state index in [4.69, 9.17) is 19.3 Å². The number of para-hydroxylation sites is 2. The van der Waals surface area contributed by atoms with Crippen LogP contribution in [0.3, 0.4) is 0 Å². The van der Waals surface area contributed by atoms with Gasteiger partial charge in [0, 0.05) is 0 Å². The first-order chi connectivity index (χ1) is 7.75. The van der Waals surface area contributed by atoms with Crippen LogP contribution in [-0.4, -0.2) is 37.0 Å². The van der Waals surface area contributed by atoms with Crippen molar-refractivity contribution in [1.29, 1.82) is 0 Å². The quantitative estimate of drug-likeness (QED) is 0.824. The minimum Gasteiger partial charge on any atom is -0.486 e. The van der Waals surface area contributed by atoms with Crippen LogP contribution in [0.1, 0.15) is 0 Å². The van der Waals surface area contributed by atoms with E-state index in [9.17, 15) is 4.79 Å². The zero-order valence-corrected chi connectivity index (χ0v) is 8.59. The number of hydrogen-bond donors (Lipinski definition) is 1. The molecule has 1 aliphatic rings. The third kappa shape index (κ3) is 2.64. The largest absolute Gasteiger partial charge is 0.486 e. The molecule has 0 saturated carbocycles. The molecule has 0 radical (unpaired) electrons. The highest BCUT2D eigenvalue weighted by Gasteiger charge is 2.20. The van der Waals surface area contributed by atoms with Gasteiger partial charge in [0.2, 0.25) is 0 Å². The van der Waals surface area contributed by atoms with Crippen molar-refractivity contribution in [2.75, 3.05) is 19.8 Å². The Bertz CT molecular complexity index is 376. The summed E-state index contributed by atoms with van der Waals surface area (Å²) in [5, 5.41) is 8.40. The van der Waals surface area contributed by atoms with E-state index in [1.54, 1.807) is 6.07 Å². The van der Waals surface area contributed by atoms with Crippen LogP contribution >= 0.6 is 0 Å². The number of hydrogen-bond acceptors (Lipinski definition) is 4. The summed E-state index contributed by atoms with van der Waals surface area (Å²) >= 11 is 0. The Kier molecular flexibility index (Phi) is 3.26. The van der Waals surface area contributed by atoms with Crippen molar-refractivity contribution in [3.8, 4) is 11.5 Å². The SMILES string of the molecule is O=C(O)COC[C@@H]1COc2ccccc2O1. The molecule has 1 N–H and O–H groups in total. The Hall–Kier alpha value is -1.75. The van der Waals surface area contributed by atoms with E-state index in [1.807, 2.05) is 18.2 Å². The molecule has 2 rings (SSSR count). The number of benzene rings is 1. The number of rotatable bonds is 4. The summed E-state index contributed by atoms with van der Waals surface area (Å²) in [6.07, 6.45) is -0.255. The third-order valence-corrected chi connectivity index (χ3v) is 2.10. The molecule has 0 aliphatic carbocycles. The second-order valence-electron chi connectivity index (χ2n) is 3.41. The number of carboxylic acid groups (broad SMARTS) is 1. The number of fused-ring (bicyclic) bond motifs is 1.